The van der Waals surface area contributed by atoms with Gasteiger partial charge in [0.05, 0.1) is 5.69 Å². The lowest BCUT2D eigenvalue weighted by molar-refractivity contribution is -0.143. The zero-order chi connectivity index (χ0) is 16.4. The summed E-state index contributed by atoms with van der Waals surface area (Å²) in [6.45, 7) is 1.87. The number of hydrogen-bond acceptors (Lipinski definition) is 5. The normalized spacial score (nSPS) is 20.4. The molecular formula is C15H16N4O3S. The van der Waals surface area contributed by atoms with E-state index >= 15 is 0 Å². The number of carbonyl (C=O) groups is 2. The van der Waals surface area contributed by atoms with Gasteiger partial charge in [-0.15, -0.1) is 0 Å². The fourth-order valence-corrected chi connectivity index (χ4v) is 3.89. The Labute approximate surface area is 137 Å². The number of aromatic nitrogens is 3. The van der Waals surface area contributed by atoms with Crippen LogP contribution >= 0.6 is 11.8 Å². The average molecular weight is 332 g/mol. The van der Waals surface area contributed by atoms with Crippen molar-refractivity contribution in [1.82, 2.24) is 20.1 Å². The van der Waals surface area contributed by atoms with Gasteiger partial charge < -0.3 is 10.4 Å². The van der Waals surface area contributed by atoms with Crippen molar-refractivity contribution >= 4 is 23.6 Å². The molecule has 1 aliphatic rings. The molecule has 0 bridgehead atoms. The number of aryl methyl sites for hydroxylation is 1. The Bertz CT molecular complexity index is 739. The van der Waals surface area contributed by atoms with Crippen molar-refractivity contribution in [2.45, 2.75) is 18.9 Å². The van der Waals surface area contributed by atoms with Crippen LogP contribution in [0, 0.1) is 6.92 Å². The zero-order valence-electron chi connectivity index (χ0n) is 12.5. The van der Waals surface area contributed by atoms with Gasteiger partial charge >= 0.3 is 5.97 Å². The van der Waals surface area contributed by atoms with Gasteiger partial charge in [-0.3, -0.25) is 4.79 Å². The summed E-state index contributed by atoms with van der Waals surface area (Å²) < 4.78 is 1.61. The highest BCUT2D eigenvalue weighted by atomic mass is 32.2. The van der Waals surface area contributed by atoms with Crippen LogP contribution in [0.1, 0.15) is 22.3 Å². The first-order valence-corrected chi connectivity index (χ1v) is 8.27. The highest BCUT2D eigenvalue weighted by Crippen LogP contribution is 2.28. The van der Waals surface area contributed by atoms with Crippen LogP contribution in [0.2, 0.25) is 0 Å². The molecule has 23 heavy (non-hydrogen) atoms. The van der Waals surface area contributed by atoms with Crippen LogP contribution in [-0.4, -0.2) is 48.8 Å². The molecule has 1 aliphatic heterocycles. The number of amides is 1. The first kappa shape index (κ1) is 15.5. The summed E-state index contributed by atoms with van der Waals surface area (Å²) in [5, 5.41) is 16.2. The molecule has 0 saturated carbocycles. The topological polar surface area (TPSA) is 97.1 Å². The predicted molar refractivity (Wildman–Crippen MR) is 85.9 cm³/mol. The smallest absolute Gasteiger partial charge is 0.330 e. The molecule has 1 saturated heterocycles. The third-order valence-corrected chi connectivity index (χ3v) is 5.10. The van der Waals surface area contributed by atoms with Crippen LogP contribution in [0.4, 0.5) is 0 Å². The monoisotopic (exact) mass is 332 g/mol. The van der Waals surface area contributed by atoms with E-state index in [4.69, 9.17) is 0 Å². The number of aliphatic carboxylic acids is 1. The quantitative estimate of drug-likeness (QED) is 0.875. The Kier molecular flexibility index (Phi) is 4.08. The number of benzene rings is 1. The lowest BCUT2D eigenvalue weighted by atomic mass is 9.98. The molecule has 3 rings (SSSR count). The molecule has 1 fully saturated rings. The maximum Gasteiger partial charge on any atom is 0.330 e. The van der Waals surface area contributed by atoms with Gasteiger partial charge in [-0.05, 0) is 42.9 Å². The molecule has 0 radical (unpaired) electrons. The molecule has 1 amide bonds. The molecule has 1 aromatic carbocycles. The van der Waals surface area contributed by atoms with Gasteiger partial charge in [-0.1, -0.05) is 0 Å². The van der Waals surface area contributed by atoms with Crippen molar-refractivity contribution in [3.8, 4) is 5.69 Å². The number of carbonyl (C=O) groups excluding carboxylic acids is 1. The van der Waals surface area contributed by atoms with E-state index in [1.807, 2.05) is 6.92 Å². The summed E-state index contributed by atoms with van der Waals surface area (Å²) in [5.74, 6) is -0.226. The van der Waals surface area contributed by atoms with Crippen LogP contribution in [0.15, 0.2) is 30.9 Å². The van der Waals surface area contributed by atoms with Gasteiger partial charge in [0.25, 0.3) is 5.91 Å². The summed E-state index contributed by atoms with van der Waals surface area (Å²) in [5.41, 5.74) is 0.945. The van der Waals surface area contributed by atoms with E-state index in [-0.39, 0.29) is 5.91 Å². The molecule has 2 N–H and O–H groups in total. The highest BCUT2D eigenvalue weighted by Gasteiger charge is 2.43. The molecule has 2 heterocycles. The van der Waals surface area contributed by atoms with Gasteiger partial charge in [-0.2, -0.15) is 16.9 Å². The van der Waals surface area contributed by atoms with E-state index in [0.29, 0.717) is 17.7 Å². The van der Waals surface area contributed by atoms with Crippen molar-refractivity contribution < 1.29 is 14.7 Å². The molecule has 120 valence electrons. The number of carboxylic acids is 1. The van der Waals surface area contributed by atoms with E-state index in [9.17, 15) is 14.7 Å². The first-order valence-electron chi connectivity index (χ1n) is 7.11. The van der Waals surface area contributed by atoms with Gasteiger partial charge in [0, 0.05) is 11.3 Å². The highest BCUT2D eigenvalue weighted by molar-refractivity contribution is 7.99. The number of hydrogen-bond donors (Lipinski definition) is 2. The van der Waals surface area contributed by atoms with E-state index < -0.39 is 11.5 Å². The Morgan fingerprint density at radius 3 is 2.83 bits per heavy atom. The van der Waals surface area contributed by atoms with Crippen LogP contribution in [0.3, 0.4) is 0 Å². The van der Waals surface area contributed by atoms with Crippen molar-refractivity contribution in [2.24, 2.45) is 0 Å². The predicted octanol–water partition coefficient (Wildman–Crippen LogP) is 1.27. The maximum atomic E-state index is 12.4. The molecule has 0 aliphatic carbocycles. The molecule has 8 heteroatoms. The SMILES string of the molecule is Cc1cc(C(=O)NC2(C(=O)O)CCSC2)ccc1-n1cncn1. The number of nitrogens with one attached hydrogen (secondary N) is 1. The number of nitrogens with zero attached hydrogens (tertiary/aromatic N) is 3. The minimum atomic E-state index is -1.17. The Morgan fingerprint density at radius 2 is 2.26 bits per heavy atom. The van der Waals surface area contributed by atoms with Gasteiger partial charge in [0.15, 0.2) is 0 Å². The summed E-state index contributed by atoms with van der Waals surface area (Å²) >= 11 is 1.54. The third kappa shape index (κ3) is 2.94. The second kappa shape index (κ2) is 6.04. The second-order valence-corrected chi connectivity index (χ2v) is 6.59. The van der Waals surface area contributed by atoms with E-state index in [0.717, 1.165) is 17.0 Å². The Hall–Kier alpha value is -2.35. The molecule has 1 unspecified atom stereocenters. The fourth-order valence-electron chi connectivity index (χ4n) is 2.56. The number of thioether (sulfide) groups is 1. The molecule has 1 atom stereocenters. The van der Waals surface area contributed by atoms with Crippen LogP contribution in [0.25, 0.3) is 5.69 Å². The van der Waals surface area contributed by atoms with Crippen LogP contribution in [0.5, 0.6) is 0 Å². The minimum Gasteiger partial charge on any atom is -0.479 e. The lowest BCUT2D eigenvalue weighted by Gasteiger charge is -2.24. The molecular weight excluding hydrogens is 316 g/mol. The molecule has 1 aromatic heterocycles. The minimum absolute atomic E-state index is 0.372. The van der Waals surface area contributed by atoms with Gasteiger partial charge in [0.2, 0.25) is 0 Å². The average Bonchev–Trinajstić information content (AvgIpc) is 3.19. The summed E-state index contributed by atoms with van der Waals surface area (Å²) in [4.78, 5) is 27.9. The summed E-state index contributed by atoms with van der Waals surface area (Å²) in [6, 6.07) is 5.16. The van der Waals surface area contributed by atoms with Crippen molar-refractivity contribution in [2.75, 3.05) is 11.5 Å². The van der Waals surface area contributed by atoms with Gasteiger partial charge in [0.1, 0.15) is 18.2 Å². The van der Waals surface area contributed by atoms with Crippen LogP contribution < -0.4 is 5.32 Å². The van der Waals surface area contributed by atoms with E-state index in [1.165, 1.54) is 18.1 Å². The van der Waals surface area contributed by atoms with Crippen molar-refractivity contribution in [1.29, 1.82) is 0 Å². The second-order valence-electron chi connectivity index (χ2n) is 5.49. The lowest BCUT2D eigenvalue weighted by Crippen LogP contribution is -2.54. The molecule has 0 spiro atoms. The Morgan fingerprint density at radius 1 is 1.43 bits per heavy atom. The third-order valence-electron chi connectivity index (χ3n) is 3.91. The molecule has 2 aromatic rings. The summed E-state index contributed by atoms with van der Waals surface area (Å²) in [7, 11) is 0. The first-order chi connectivity index (χ1) is 11.0. The number of rotatable bonds is 4. The van der Waals surface area contributed by atoms with E-state index in [1.54, 1.807) is 29.2 Å². The van der Waals surface area contributed by atoms with Gasteiger partial charge in [-0.25, -0.2) is 14.5 Å². The maximum absolute atomic E-state index is 12.4. The zero-order valence-corrected chi connectivity index (χ0v) is 13.3. The van der Waals surface area contributed by atoms with Crippen molar-refractivity contribution in [3.05, 3.63) is 42.0 Å². The Balaban J connectivity index is 1.83. The number of carboxylic acid groups (broad SMARTS) is 1. The van der Waals surface area contributed by atoms with Crippen molar-refractivity contribution in [3.63, 3.8) is 0 Å². The van der Waals surface area contributed by atoms with Crippen LogP contribution in [-0.2, 0) is 4.79 Å². The largest absolute Gasteiger partial charge is 0.479 e. The summed E-state index contributed by atoms with van der Waals surface area (Å²) in [6.07, 6.45) is 3.46. The van der Waals surface area contributed by atoms with E-state index in [2.05, 4.69) is 15.4 Å². The fraction of sp³-hybridized carbons (Fsp3) is 0.333. The standard InChI is InChI=1S/C15H16N4O3S/c1-10-6-11(2-3-12(10)19-9-16-8-17-19)13(20)18-15(14(21)22)4-5-23-7-15/h2-3,6,8-9H,4-5,7H2,1H3,(H,18,20)(H,21,22). The molecule has 7 nitrogen and oxygen atoms in total.